The van der Waals surface area contributed by atoms with Gasteiger partial charge in [-0.05, 0) is 0 Å². The van der Waals surface area contributed by atoms with Gasteiger partial charge in [-0.2, -0.15) is 0 Å². The molecule has 0 aromatic heterocycles. The quantitative estimate of drug-likeness (QED) is 0.390. The van der Waals surface area contributed by atoms with Gasteiger partial charge in [0.25, 0.3) is 0 Å². The molecule has 1 unspecified atom stereocenters. The number of halogens is 1. The Balaban J connectivity index is 3.12. The van der Waals surface area contributed by atoms with Crippen LogP contribution in [0.5, 0.6) is 0 Å². The second-order valence-electron chi connectivity index (χ2n) is 4.80. The Morgan fingerprint density at radius 2 is 1.68 bits per heavy atom. The molecule has 0 aliphatic carbocycles. The van der Waals surface area contributed by atoms with Crippen LogP contribution in [0.3, 0.4) is 0 Å². The Kier molecular flexibility index (Phi) is 6.58. The lowest BCUT2D eigenvalue weighted by molar-refractivity contribution is -0.195. The summed E-state index contributed by atoms with van der Waals surface area (Å²) in [7, 11) is 1.34. The van der Waals surface area contributed by atoms with Gasteiger partial charge in [-0.3, -0.25) is 14.4 Å². The van der Waals surface area contributed by atoms with E-state index in [1.165, 1.54) is 27.9 Å². The molecule has 4 atom stereocenters. The van der Waals surface area contributed by atoms with Crippen molar-refractivity contribution in [3.05, 3.63) is 0 Å². The summed E-state index contributed by atoms with van der Waals surface area (Å²) in [5.41, 5.74) is -1.38. The van der Waals surface area contributed by atoms with E-state index in [9.17, 15) is 14.4 Å². The summed E-state index contributed by atoms with van der Waals surface area (Å²) in [5, 5.41) is 0. The SMILES string of the molecule is COC1O[C@](CCl)(COC(C)=O)[C@@H](OC(C)=O)[C@H]1OC(C)=O. The minimum absolute atomic E-state index is 0.171. The molecule has 0 aromatic carbocycles. The highest BCUT2D eigenvalue weighted by molar-refractivity contribution is 6.18. The minimum atomic E-state index is -1.38. The molecule has 0 bridgehead atoms. The van der Waals surface area contributed by atoms with Gasteiger partial charge in [-0.15, -0.1) is 11.6 Å². The molecule has 0 radical (unpaired) electrons. The van der Waals surface area contributed by atoms with Gasteiger partial charge in [-0.1, -0.05) is 0 Å². The molecule has 1 rings (SSSR count). The van der Waals surface area contributed by atoms with Crippen LogP contribution in [0.4, 0.5) is 0 Å². The van der Waals surface area contributed by atoms with E-state index in [1.54, 1.807) is 0 Å². The second-order valence-corrected chi connectivity index (χ2v) is 5.07. The van der Waals surface area contributed by atoms with Crippen LogP contribution in [-0.4, -0.2) is 61.6 Å². The van der Waals surface area contributed by atoms with Gasteiger partial charge in [0, 0.05) is 27.9 Å². The van der Waals surface area contributed by atoms with E-state index in [1.807, 2.05) is 0 Å². The molecule has 8 nitrogen and oxygen atoms in total. The van der Waals surface area contributed by atoms with E-state index in [2.05, 4.69) is 0 Å². The minimum Gasteiger partial charge on any atom is -0.463 e. The zero-order valence-corrected chi connectivity index (χ0v) is 13.5. The summed E-state index contributed by atoms with van der Waals surface area (Å²) in [6.07, 6.45) is -3.11. The number of carbonyl (C=O) groups is 3. The zero-order valence-electron chi connectivity index (χ0n) is 12.8. The number of alkyl halides is 1. The first kappa shape index (κ1) is 18.7. The van der Waals surface area contributed by atoms with Gasteiger partial charge in [0.15, 0.2) is 24.1 Å². The highest BCUT2D eigenvalue weighted by atomic mass is 35.5. The van der Waals surface area contributed by atoms with E-state index in [-0.39, 0.29) is 12.5 Å². The van der Waals surface area contributed by atoms with Crippen molar-refractivity contribution in [1.82, 2.24) is 0 Å². The standard InChI is InChI=1S/C13H19ClO8/c1-7(15)19-6-13(5-14)11(21-9(3)17)10(20-8(2)16)12(18-4)22-13/h10-12H,5-6H2,1-4H3/t10-,11+,12?,13-/m1/s1. The van der Waals surface area contributed by atoms with Gasteiger partial charge in [0.2, 0.25) is 0 Å². The van der Waals surface area contributed by atoms with Crippen molar-refractivity contribution < 1.29 is 38.1 Å². The molecular formula is C13H19ClO8. The molecule has 0 amide bonds. The van der Waals surface area contributed by atoms with Crippen molar-refractivity contribution in [3.8, 4) is 0 Å². The summed E-state index contributed by atoms with van der Waals surface area (Å²) in [4.78, 5) is 33.7. The van der Waals surface area contributed by atoms with E-state index < -0.39 is 42.0 Å². The summed E-state index contributed by atoms with van der Waals surface area (Å²) >= 11 is 5.95. The van der Waals surface area contributed by atoms with Crippen molar-refractivity contribution in [2.75, 3.05) is 19.6 Å². The first-order chi connectivity index (χ1) is 10.3. The summed E-state index contributed by atoms with van der Waals surface area (Å²) in [6.45, 7) is 3.33. The van der Waals surface area contributed by atoms with E-state index in [4.69, 9.17) is 35.3 Å². The molecule has 126 valence electrons. The molecule has 1 heterocycles. The van der Waals surface area contributed by atoms with Gasteiger partial charge >= 0.3 is 17.9 Å². The van der Waals surface area contributed by atoms with E-state index in [0.29, 0.717) is 0 Å². The van der Waals surface area contributed by atoms with Gasteiger partial charge in [0.1, 0.15) is 6.61 Å². The molecule has 1 fully saturated rings. The predicted molar refractivity (Wildman–Crippen MR) is 73.1 cm³/mol. The number of rotatable bonds is 6. The zero-order chi connectivity index (χ0) is 16.9. The molecule has 0 N–H and O–H groups in total. The third-order valence-corrected chi connectivity index (χ3v) is 3.46. The molecule has 9 heteroatoms. The molecule has 0 saturated carbocycles. The van der Waals surface area contributed by atoms with Crippen LogP contribution in [0, 0.1) is 0 Å². The molecule has 1 saturated heterocycles. The monoisotopic (exact) mass is 338 g/mol. The predicted octanol–water partition coefficient (Wildman–Crippen LogP) is 0.393. The smallest absolute Gasteiger partial charge is 0.303 e. The lowest BCUT2D eigenvalue weighted by Gasteiger charge is -2.31. The largest absolute Gasteiger partial charge is 0.463 e. The topological polar surface area (TPSA) is 97.4 Å². The Labute approximate surface area is 132 Å². The van der Waals surface area contributed by atoms with Crippen LogP contribution in [0.25, 0.3) is 0 Å². The Bertz CT molecular complexity index is 440. The van der Waals surface area contributed by atoms with Crippen LogP contribution in [-0.2, 0) is 38.1 Å². The van der Waals surface area contributed by atoms with Crippen LogP contribution in [0.1, 0.15) is 20.8 Å². The lowest BCUT2D eigenvalue weighted by atomic mass is 9.98. The van der Waals surface area contributed by atoms with Crippen LogP contribution >= 0.6 is 11.6 Å². The summed E-state index contributed by atoms with van der Waals surface area (Å²) in [6, 6.07) is 0. The maximum atomic E-state index is 11.4. The number of carbonyl (C=O) groups excluding carboxylic acids is 3. The molecular weight excluding hydrogens is 320 g/mol. The first-order valence-corrected chi connectivity index (χ1v) is 7.03. The number of esters is 3. The average Bonchev–Trinajstić information content (AvgIpc) is 2.70. The number of ether oxygens (including phenoxy) is 5. The third kappa shape index (κ3) is 4.31. The van der Waals surface area contributed by atoms with E-state index in [0.717, 1.165) is 0 Å². The number of methoxy groups -OCH3 is 1. The normalized spacial score (nSPS) is 30.7. The fourth-order valence-electron chi connectivity index (χ4n) is 2.14. The Morgan fingerprint density at radius 1 is 1.09 bits per heavy atom. The van der Waals surface area contributed by atoms with Crippen molar-refractivity contribution in [3.63, 3.8) is 0 Å². The summed E-state index contributed by atoms with van der Waals surface area (Å²) in [5.74, 6) is -1.96. The highest BCUT2D eigenvalue weighted by Crippen LogP contribution is 2.37. The molecule has 0 spiro atoms. The van der Waals surface area contributed by atoms with Crippen LogP contribution in [0.15, 0.2) is 0 Å². The van der Waals surface area contributed by atoms with Crippen molar-refractivity contribution >= 4 is 29.5 Å². The average molecular weight is 339 g/mol. The Morgan fingerprint density at radius 3 is 2.09 bits per heavy atom. The van der Waals surface area contributed by atoms with E-state index >= 15 is 0 Å². The van der Waals surface area contributed by atoms with Crippen molar-refractivity contribution in [1.29, 1.82) is 0 Å². The lowest BCUT2D eigenvalue weighted by Crippen LogP contribution is -2.51. The van der Waals surface area contributed by atoms with Gasteiger partial charge < -0.3 is 23.7 Å². The number of hydrogen-bond donors (Lipinski definition) is 0. The summed E-state index contributed by atoms with van der Waals surface area (Å²) < 4.78 is 26.0. The van der Waals surface area contributed by atoms with Crippen molar-refractivity contribution in [2.45, 2.75) is 44.9 Å². The maximum Gasteiger partial charge on any atom is 0.303 e. The molecule has 22 heavy (non-hydrogen) atoms. The first-order valence-electron chi connectivity index (χ1n) is 6.50. The van der Waals surface area contributed by atoms with Crippen molar-refractivity contribution in [2.24, 2.45) is 0 Å². The van der Waals surface area contributed by atoms with Crippen LogP contribution < -0.4 is 0 Å². The number of hydrogen-bond acceptors (Lipinski definition) is 8. The molecule has 0 aromatic rings. The fourth-order valence-corrected chi connectivity index (χ4v) is 2.43. The fraction of sp³-hybridized carbons (Fsp3) is 0.769. The van der Waals surface area contributed by atoms with Gasteiger partial charge in [0.05, 0.1) is 5.88 Å². The second kappa shape index (κ2) is 7.75. The van der Waals surface area contributed by atoms with Crippen LogP contribution in [0.2, 0.25) is 0 Å². The molecule has 1 aliphatic heterocycles. The Hall–Kier alpha value is -1.38. The van der Waals surface area contributed by atoms with Gasteiger partial charge in [-0.25, -0.2) is 0 Å². The maximum absolute atomic E-state index is 11.4. The highest BCUT2D eigenvalue weighted by Gasteiger charge is 2.60. The third-order valence-electron chi connectivity index (χ3n) is 3.01. The molecule has 1 aliphatic rings.